The number of H-pyrrole nitrogens is 1. The Kier molecular flexibility index (Phi) is 4.21. The van der Waals surface area contributed by atoms with Crippen LogP contribution in [-0.2, 0) is 0 Å². The van der Waals surface area contributed by atoms with Crippen molar-refractivity contribution >= 4 is 22.7 Å². The molecule has 2 amide bonds. The second-order valence-electron chi connectivity index (χ2n) is 6.70. The van der Waals surface area contributed by atoms with Gasteiger partial charge in [-0.3, -0.25) is 9.59 Å². The molecule has 0 bridgehead atoms. The number of aryl methyl sites for hydroxylation is 1. The molecule has 5 nitrogen and oxygen atoms in total. The summed E-state index contributed by atoms with van der Waals surface area (Å²) >= 11 is 0. The van der Waals surface area contributed by atoms with Crippen LogP contribution in [0.5, 0.6) is 0 Å². The molecule has 1 fully saturated rings. The molecule has 132 valence electrons. The van der Waals surface area contributed by atoms with Gasteiger partial charge in [0.15, 0.2) is 0 Å². The van der Waals surface area contributed by atoms with Gasteiger partial charge in [-0.25, -0.2) is 0 Å². The maximum Gasteiger partial charge on any atom is 0.256 e. The average Bonchev–Trinajstić information content (AvgIpc) is 3.12. The molecule has 1 N–H and O–H groups in total. The topological polar surface area (TPSA) is 56.4 Å². The van der Waals surface area contributed by atoms with Crippen LogP contribution < -0.4 is 0 Å². The lowest BCUT2D eigenvalue weighted by Gasteiger charge is -2.34. The summed E-state index contributed by atoms with van der Waals surface area (Å²) in [6, 6.07) is 15.4. The van der Waals surface area contributed by atoms with Crippen LogP contribution in [0.1, 0.15) is 26.3 Å². The Bertz CT molecular complexity index is 951. The van der Waals surface area contributed by atoms with Crippen LogP contribution in [0, 0.1) is 6.92 Å². The zero-order valence-corrected chi connectivity index (χ0v) is 14.7. The monoisotopic (exact) mass is 347 g/mol. The van der Waals surface area contributed by atoms with Gasteiger partial charge >= 0.3 is 0 Å². The molecule has 1 aromatic heterocycles. The molecule has 0 unspecified atom stereocenters. The standard InChI is InChI=1S/C21H21N3O2/c1-15-6-8-16(9-7-15)20(25)23-10-12-24(13-11-23)21(26)18-14-22-19-5-3-2-4-17(18)19/h2-9,14,22H,10-13H2,1H3. The molecule has 2 aromatic carbocycles. The van der Waals surface area contributed by atoms with E-state index in [-0.39, 0.29) is 11.8 Å². The molecule has 1 aliphatic rings. The van der Waals surface area contributed by atoms with Crippen molar-refractivity contribution in [2.75, 3.05) is 26.2 Å². The first-order valence-electron chi connectivity index (χ1n) is 8.85. The van der Waals surface area contributed by atoms with Crippen molar-refractivity contribution < 1.29 is 9.59 Å². The molecule has 5 heteroatoms. The van der Waals surface area contributed by atoms with Crippen LogP contribution in [0.4, 0.5) is 0 Å². The Hall–Kier alpha value is -3.08. The first kappa shape index (κ1) is 16.4. The zero-order chi connectivity index (χ0) is 18.1. The van der Waals surface area contributed by atoms with Crippen LogP contribution in [0.3, 0.4) is 0 Å². The third kappa shape index (κ3) is 2.96. The molecule has 0 atom stereocenters. The van der Waals surface area contributed by atoms with Crippen molar-refractivity contribution in [1.82, 2.24) is 14.8 Å². The van der Waals surface area contributed by atoms with E-state index in [1.807, 2.05) is 65.3 Å². The lowest BCUT2D eigenvalue weighted by molar-refractivity contribution is 0.0536. The maximum atomic E-state index is 12.9. The van der Waals surface area contributed by atoms with E-state index in [9.17, 15) is 9.59 Å². The summed E-state index contributed by atoms with van der Waals surface area (Å²) in [7, 11) is 0. The largest absolute Gasteiger partial charge is 0.360 e. The van der Waals surface area contributed by atoms with Crippen LogP contribution in [0.2, 0.25) is 0 Å². The fourth-order valence-corrected chi connectivity index (χ4v) is 3.41. The van der Waals surface area contributed by atoms with Gasteiger partial charge in [0.2, 0.25) is 0 Å². The van der Waals surface area contributed by atoms with E-state index < -0.39 is 0 Å². The van der Waals surface area contributed by atoms with Gasteiger partial charge in [-0.2, -0.15) is 0 Å². The molecule has 4 rings (SSSR count). The summed E-state index contributed by atoms with van der Waals surface area (Å²) in [4.78, 5) is 32.3. The van der Waals surface area contributed by atoms with Crippen molar-refractivity contribution in [1.29, 1.82) is 0 Å². The van der Waals surface area contributed by atoms with Crippen LogP contribution >= 0.6 is 0 Å². The van der Waals surface area contributed by atoms with E-state index in [1.165, 1.54) is 0 Å². The van der Waals surface area contributed by atoms with Crippen LogP contribution in [0.15, 0.2) is 54.7 Å². The van der Waals surface area contributed by atoms with Gasteiger partial charge in [-0.05, 0) is 25.1 Å². The zero-order valence-electron chi connectivity index (χ0n) is 14.7. The molecule has 26 heavy (non-hydrogen) atoms. The molecule has 0 aliphatic carbocycles. The highest BCUT2D eigenvalue weighted by molar-refractivity contribution is 6.06. The average molecular weight is 347 g/mol. The van der Waals surface area contributed by atoms with Gasteiger partial charge in [-0.1, -0.05) is 35.9 Å². The van der Waals surface area contributed by atoms with Crippen LogP contribution in [0.25, 0.3) is 10.9 Å². The summed E-state index contributed by atoms with van der Waals surface area (Å²) in [5, 5.41) is 0.940. The normalized spacial score (nSPS) is 14.7. The number of piperazine rings is 1. The molecular weight excluding hydrogens is 326 g/mol. The number of fused-ring (bicyclic) bond motifs is 1. The molecule has 1 saturated heterocycles. The molecule has 2 heterocycles. The number of amides is 2. The van der Waals surface area contributed by atoms with E-state index >= 15 is 0 Å². The summed E-state index contributed by atoms with van der Waals surface area (Å²) in [6.45, 7) is 4.22. The quantitative estimate of drug-likeness (QED) is 0.774. The minimum absolute atomic E-state index is 0.0184. The van der Waals surface area contributed by atoms with Gasteiger partial charge in [0.25, 0.3) is 11.8 Å². The number of nitrogens with one attached hydrogen (secondary N) is 1. The first-order valence-corrected chi connectivity index (χ1v) is 8.85. The van der Waals surface area contributed by atoms with E-state index in [1.54, 1.807) is 6.20 Å². The third-order valence-corrected chi connectivity index (χ3v) is 4.97. The van der Waals surface area contributed by atoms with Crippen molar-refractivity contribution in [3.8, 4) is 0 Å². The minimum Gasteiger partial charge on any atom is -0.360 e. The molecule has 0 spiro atoms. The summed E-state index contributed by atoms with van der Waals surface area (Å²) in [5.74, 6) is 0.0501. The number of carbonyl (C=O) groups excluding carboxylic acids is 2. The SMILES string of the molecule is Cc1ccc(C(=O)N2CCN(C(=O)c3c[nH]c4ccccc34)CC2)cc1. The fourth-order valence-electron chi connectivity index (χ4n) is 3.41. The third-order valence-electron chi connectivity index (χ3n) is 4.97. The second kappa shape index (κ2) is 6.67. The molecule has 3 aromatic rings. The van der Waals surface area contributed by atoms with Gasteiger partial charge < -0.3 is 14.8 Å². The summed E-state index contributed by atoms with van der Waals surface area (Å²) in [5.41, 5.74) is 3.49. The number of hydrogen-bond acceptors (Lipinski definition) is 2. The Labute approximate surface area is 152 Å². The Morgan fingerprint density at radius 1 is 0.846 bits per heavy atom. The van der Waals surface area contributed by atoms with E-state index in [2.05, 4.69) is 4.98 Å². The van der Waals surface area contributed by atoms with E-state index in [0.29, 0.717) is 37.3 Å². The number of carbonyl (C=O) groups is 2. The Balaban J connectivity index is 1.44. The predicted molar refractivity (Wildman–Crippen MR) is 101 cm³/mol. The van der Waals surface area contributed by atoms with Gasteiger partial charge in [0.05, 0.1) is 5.56 Å². The Morgan fingerprint density at radius 3 is 2.15 bits per heavy atom. The number of hydrogen-bond donors (Lipinski definition) is 1. The molecular formula is C21H21N3O2. The van der Waals surface area contributed by atoms with Gasteiger partial charge in [0.1, 0.15) is 0 Å². The number of rotatable bonds is 2. The van der Waals surface area contributed by atoms with Crippen molar-refractivity contribution in [3.05, 3.63) is 71.4 Å². The highest BCUT2D eigenvalue weighted by Gasteiger charge is 2.26. The first-order chi connectivity index (χ1) is 12.6. The summed E-state index contributed by atoms with van der Waals surface area (Å²) in [6.07, 6.45) is 1.77. The number of benzene rings is 2. The maximum absolute atomic E-state index is 12.9. The Morgan fingerprint density at radius 2 is 1.46 bits per heavy atom. The van der Waals surface area contributed by atoms with E-state index in [0.717, 1.165) is 16.5 Å². The lowest BCUT2D eigenvalue weighted by Crippen LogP contribution is -2.50. The van der Waals surface area contributed by atoms with Crippen LogP contribution in [-0.4, -0.2) is 52.8 Å². The number of aromatic nitrogens is 1. The van der Waals surface area contributed by atoms with Crippen molar-refractivity contribution in [3.63, 3.8) is 0 Å². The lowest BCUT2D eigenvalue weighted by atomic mass is 10.1. The van der Waals surface area contributed by atoms with Gasteiger partial charge in [-0.15, -0.1) is 0 Å². The molecule has 1 aliphatic heterocycles. The number of aromatic amines is 1. The molecule has 0 radical (unpaired) electrons. The summed E-state index contributed by atoms with van der Waals surface area (Å²) < 4.78 is 0. The molecule has 0 saturated carbocycles. The highest BCUT2D eigenvalue weighted by Crippen LogP contribution is 2.20. The minimum atomic E-state index is 0.0184. The van der Waals surface area contributed by atoms with Crippen molar-refractivity contribution in [2.45, 2.75) is 6.92 Å². The smallest absolute Gasteiger partial charge is 0.256 e. The second-order valence-corrected chi connectivity index (χ2v) is 6.70. The van der Waals surface area contributed by atoms with Crippen molar-refractivity contribution in [2.24, 2.45) is 0 Å². The fraction of sp³-hybridized carbons (Fsp3) is 0.238. The predicted octanol–water partition coefficient (Wildman–Crippen LogP) is 3.07. The van der Waals surface area contributed by atoms with Gasteiger partial charge in [0, 0.05) is 48.8 Å². The number of nitrogens with zero attached hydrogens (tertiary/aromatic N) is 2. The highest BCUT2D eigenvalue weighted by atomic mass is 16.2. The van der Waals surface area contributed by atoms with E-state index in [4.69, 9.17) is 0 Å². The number of para-hydroxylation sites is 1.